The van der Waals surface area contributed by atoms with Crippen molar-refractivity contribution in [3.05, 3.63) is 58.1 Å². The quantitative estimate of drug-likeness (QED) is 0.278. The molecular weight excluding hydrogens is 557 g/mol. The first kappa shape index (κ1) is 26.5. The third kappa shape index (κ3) is 5.21. The van der Waals surface area contributed by atoms with Crippen LogP contribution in [0.1, 0.15) is 0 Å². The lowest BCUT2D eigenvalue weighted by molar-refractivity contribution is 0.248. The van der Waals surface area contributed by atoms with E-state index in [2.05, 4.69) is 15.0 Å². The van der Waals surface area contributed by atoms with Gasteiger partial charge >= 0.3 is 4.87 Å². The molecule has 1 aromatic carbocycles. The summed E-state index contributed by atoms with van der Waals surface area (Å²) in [7, 11) is -0.954. The van der Waals surface area contributed by atoms with Gasteiger partial charge in [-0.05, 0) is 30.3 Å². The monoisotopic (exact) mass is 585 g/mol. The highest BCUT2D eigenvalue weighted by atomic mass is 32.2. The zero-order valence-electron chi connectivity index (χ0n) is 21.8. The molecule has 0 unspecified atom stereocenters. The minimum Gasteiger partial charge on any atom is -0.493 e. The predicted molar refractivity (Wildman–Crippen MR) is 154 cm³/mol. The maximum Gasteiger partial charge on any atom is 0.309 e. The second-order valence-corrected chi connectivity index (χ2v) is 12.0. The van der Waals surface area contributed by atoms with Crippen molar-refractivity contribution < 1.29 is 17.8 Å². The number of nitrogens with zero attached hydrogens (tertiary/aromatic N) is 6. The molecule has 0 spiro atoms. The van der Waals surface area contributed by atoms with Crippen LogP contribution in [0.3, 0.4) is 0 Å². The van der Waals surface area contributed by atoms with Crippen LogP contribution in [-0.2, 0) is 17.3 Å². The molecule has 5 aromatic rings. The number of hydrogen-bond acceptors (Lipinski definition) is 10. The van der Waals surface area contributed by atoms with Crippen molar-refractivity contribution in [2.24, 2.45) is 0 Å². The summed E-state index contributed by atoms with van der Waals surface area (Å²) in [5.41, 5.74) is 8.61. The lowest BCUT2D eigenvalue weighted by Gasteiger charge is -2.36. The molecule has 40 heavy (non-hydrogen) atoms. The lowest BCUT2D eigenvalue weighted by atomic mass is 10.2. The molecule has 1 atom stereocenters. The van der Waals surface area contributed by atoms with Crippen molar-refractivity contribution in [3.8, 4) is 17.2 Å². The second kappa shape index (κ2) is 11.0. The fraction of sp³-hybridized carbons (Fsp3) is 0.346. The van der Waals surface area contributed by atoms with Gasteiger partial charge in [0.1, 0.15) is 22.0 Å². The number of aromatic nitrogens is 4. The minimum atomic E-state index is -0.954. The van der Waals surface area contributed by atoms with Crippen LogP contribution in [0.15, 0.2) is 51.9 Å². The molecule has 1 fully saturated rings. The van der Waals surface area contributed by atoms with Crippen molar-refractivity contribution in [1.29, 1.82) is 0 Å². The molecule has 0 saturated carbocycles. The topological polar surface area (TPSA) is 124 Å². The van der Waals surface area contributed by atoms with Gasteiger partial charge in [-0.25, -0.2) is 4.39 Å². The molecule has 2 N–H and O–H groups in total. The lowest BCUT2D eigenvalue weighted by Crippen LogP contribution is -2.47. The fourth-order valence-electron chi connectivity index (χ4n) is 4.85. The molecule has 14 heteroatoms. The van der Waals surface area contributed by atoms with E-state index >= 15 is 0 Å². The third-order valence-corrected chi connectivity index (χ3v) is 8.67. The number of furan rings is 1. The number of nitrogens with two attached hydrogens (primary N) is 1. The van der Waals surface area contributed by atoms with Gasteiger partial charge in [-0.2, -0.15) is 14.6 Å². The van der Waals surface area contributed by atoms with Crippen molar-refractivity contribution in [2.75, 3.05) is 62.0 Å². The Morgan fingerprint density at radius 3 is 2.73 bits per heavy atom. The van der Waals surface area contributed by atoms with Gasteiger partial charge in [0.05, 0.1) is 29.8 Å². The summed E-state index contributed by atoms with van der Waals surface area (Å²) in [6.45, 7) is 4.16. The third-order valence-electron chi connectivity index (χ3n) is 6.93. The highest BCUT2D eigenvalue weighted by Crippen LogP contribution is 2.29. The SMILES string of the molecule is C[S@](=O)CCOc1ccc(N2CCN(CCn3c(=O)sc4c3nc(N)n3nc(-c5ccco5)cc43)CC2)c(F)c1. The summed E-state index contributed by atoms with van der Waals surface area (Å²) < 4.78 is 40.9. The zero-order chi connectivity index (χ0) is 27.8. The average Bonchev–Trinajstić information content (AvgIpc) is 3.67. The highest BCUT2D eigenvalue weighted by Gasteiger charge is 2.22. The van der Waals surface area contributed by atoms with Gasteiger partial charge < -0.3 is 19.8 Å². The Morgan fingerprint density at radius 1 is 1.18 bits per heavy atom. The Bertz CT molecular complexity index is 1740. The fourth-order valence-corrected chi connectivity index (χ4v) is 6.13. The minimum absolute atomic E-state index is 0.107. The number of hydrogen-bond donors (Lipinski definition) is 1. The van der Waals surface area contributed by atoms with E-state index in [1.807, 2.05) is 17.0 Å². The molecule has 1 aliphatic rings. The molecule has 4 aromatic heterocycles. The molecule has 0 bridgehead atoms. The Hall–Kier alpha value is -3.75. The van der Waals surface area contributed by atoms with Crippen LogP contribution >= 0.6 is 11.3 Å². The molecule has 210 valence electrons. The molecule has 1 saturated heterocycles. The van der Waals surface area contributed by atoms with E-state index < -0.39 is 10.8 Å². The van der Waals surface area contributed by atoms with Crippen LogP contribution in [-0.4, -0.2) is 79.6 Å². The van der Waals surface area contributed by atoms with Crippen LogP contribution in [0, 0.1) is 5.82 Å². The first-order valence-electron chi connectivity index (χ1n) is 12.8. The summed E-state index contributed by atoms with van der Waals surface area (Å²) in [6, 6.07) is 10.3. The Balaban J connectivity index is 1.11. The smallest absolute Gasteiger partial charge is 0.309 e. The number of nitrogen functional groups attached to an aromatic ring is 1. The number of ether oxygens (including phenoxy) is 1. The summed E-state index contributed by atoms with van der Waals surface area (Å²) in [5, 5.41) is 4.50. The predicted octanol–water partition coefficient (Wildman–Crippen LogP) is 2.67. The molecule has 5 heterocycles. The maximum atomic E-state index is 14.8. The zero-order valence-corrected chi connectivity index (χ0v) is 23.4. The summed E-state index contributed by atoms with van der Waals surface area (Å²) in [6.07, 6.45) is 3.19. The second-order valence-electron chi connectivity index (χ2n) is 9.51. The van der Waals surface area contributed by atoms with Crippen LogP contribution < -0.4 is 20.2 Å². The number of piperazine rings is 1. The van der Waals surface area contributed by atoms with Crippen molar-refractivity contribution in [2.45, 2.75) is 6.54 Å². The summed E-state index contributed by atoms with van der Waals surface area (Å²) in [4.78, 5) is 21.6. The van der Waals surface area contributed by atoms with Crippen molar-refractivity contribution in [3.63, 3.8) is 0 Å². The van der Waals surface area contributed by atoms with Gasteiger partial charge in [0.15, 0.2) is 11.4 Å². The van der Waals surface area contributed by atoms with Gasteiger partial charge in [0, 0.05) is 62.4 Å². The van der Waals surface area contributed by atoms with E-state index in [-0.39, 0.29) is 23.2 Å². The van der Waals surface area contributed by atoms with E-state index in [4.69, 9.17) is 14.9 Å². The Labute approximate surface area is 235 Å². The normalized spacial score (nSPS) is 15.3. The van der Waals surface area contributed by atoms with Gasteiger partial charge in [0.2, 0.25) is 5.95 Å². The summed E-state index contributed by atoms with van der Waals surface area (Å²) >= 11 is 1.12. The van der Waals surface area contributed by atoms with Gasteiger partial charge in [-0.15, -0.1) is 0 Å². The molecule has 1 aliphatic heterocycles. The van der Waals surface area contributed by atoms with Crippen LogP contribution in [0.2, 0.25) is 0 Å². The van der Waals surface area contributed by atoms with E-state index in [1.54, 1.807) is 35.3 Å². The molecule has 0 radical (unpaired) electrons. The Kier molecular flexibility index (Phi) is 7.29. The van der Waals surface area contributed by atoms with Crippen LogP contribution in [0.25, 0.3) is 27.3 Å². The van der Waals surface area contributed by atoms with E-state index in [0.717, 1.165) is 29.1 Å². The molecule has 0 aliphatic carbocycles. The van der Waals surface area contributed by atoms with Crippen molar-refractivity contribution >= 4 is 49.6 Å². The molecule has 11 nitrogen and oxygen atoms in total. The molecule has 0 amide bonds. The van der Waals surface area contributed by atoms with Gasteiger partial charge in [-0.3, -0.25) is 18.5 Å². The standard InChI is InChI=1S/C26H28FN7O4S2/c1-40(36)14-13-37-17-4-5-20(18(27)15-17)32-9-6-31(7-10-32)8-11-33-24-23(39-26(33)35)21-16-19(22-3-2-12-38-22)30-34(21)25(28)29-24/h2-5,12,15-16H,6-11,13-14H2,1H3,(H2,28,29)/t40-/m0/s1. The molecule has 6 rings (SSSR count). The van der Waals surface area contributed by atoms with Crippen molar-refractivity contribution in [1.82, 2.24) is 24.1 Å². The first-order valence-corrected chi connectivity index (χ1v) is 15.3. The number of halogens is 1. The van der Waals surface area contributed by atoms with E-state index in [0.29, 0.717) is 66.0 Å². The highest BCUT2D eigenvalue weighted by molar-refractivity contribution is 7.84. The van der Waals surface area contributed by atoms with Crippen LogP contribution in [0.4, 0.5) is 16.0 Å². The number of fused-ring (bicyclic) bond motifs is 3. The summed E-state index contributed by atoms with van der Waals surface area (Å²) in [5.74, 6) is 1.29. The van der Waals surface area contributed by atoms with Gasteiger partial charge in [-0.1, -0.05) is 11.3 Å². The number of anilines is 2. The number of thiazole rings is 1. The van der Waals surface area contributed by atoms with Crippen LogP contribution in [0.5, 0.6) is 5.75 Å². The number of rotatable bonds is 9. The van der Waals surface area contributed by atoms with E-state index in [1.165, 1.54) is 10.6 Å². The Morgan fingerprint density at radius 2 is 2.00 bits per heavy atom. The van der Waals surface area contributed by atoms with E-state index in [9.17, 15) is 13.4 Å². The van der Waals surface area contributed by atoms with Gasteiger partial charge in [0.25, 0.3) is 0 Å². The molecular formula is C26H28FN7O4S2. The first-order chi connectivity index (χ1) is 19.4. The maximum absolute atomic E-state index is 14.8. The number of benzene rings is 1. The largest absolute Gasteiger partial charge is 0.493 e. The average molecular weight is 586 g/mol.